The predicted molar refractivity (Wildman–Crippen MR) is 212 cm³/mol. The summed E-state index contributed by atoms with van der Waals surface area (Å²) in [6.07, 6.45) is 11.0. The lowest BCUT2D eigenvalue weighted by molar-refractivity contribution is -0.0898. The summed E-state index contributed by atoms with van der Waals surface area (Å²) in [6.45, 7) is 12.3. The van der Waals surface area contributed by atoms with E-state index in [-0.39, 0.29) is 17.3 Å². The van der Waals surface area contributed by atoms with Crippen LogP contribution < -0.4 is 14.4 Å². The minimum absolute atomic E-state index is 0.217. The molecule has 4 aliphatic heterocycles. The first-order chi connectivity index (χ1) is 26.0. The zero-order valence-electron chi connectivity index (χ0n) is 32.1. The van der Waals surface area contributed by atoms with E-state index >= 15 is 0 Å². The highest BCUT2D eigenvalue weighted by molar-refractivity contribution is 7.90. The van der Waals surface area contributed by atoms with Crippen molar-refractivity contribution >= 4 is 33.2 Å². The average Bonchev–Trinajstić information content (AvgIpc) is 3.30. The molecule has 12 heteroatoms. The molecule has 2 bridgehead atoms. The van der Waals surface area contributed by atoms with Crippen molar-refractivity contribution in [3.8, 4) is 5.75 Å². The third kappa shape index (κ3) is 7.34. The minimum Gasteiger partial charge on any atom is -0.490 e. The number of hydrogen-bond acceptors (Lipinski definition) is 9. The number of allylic oxidation sites excluding steroid dienone is 1. The zero-order chi connectivity index (χ0) is 37.7. The highest BCUT2D eigenvalue weighted by Crippen LogP contribution is 2.50. The highest BCUT2D eigenvalue weighted by atomic mass is 35.5. The number of aryl methyl sites for hydroxylation is 1. The van der Waals surface area contributed by atoms with Gasteiger partial charge in [-0.1, -0.05) is 36.7 Å². The summed E-state index contributed by atoms with van der Waals surface area (Å²) < 4.78 is 48.9. The molecule has 3 fully saturated rings. The molecule has 2 aromatic carbocycles. The van der Waals surface area contributed by atoms with E-state index in [1.54, 1.807) is 13.0 Å². The summed E-state index contributed by atoms with van der Waals surface area (Å²) >= 11 is 6.51. The Bertz CT molecular complexity index is 1860. The molecule has 0 unspecified atom stereocenters. The Balaban J connectivity index is 1.16. The number of carbonyl (C=O) groups is 1. The molecule has 6 aliphatic rings. The molecule has 1 saturated carbocycles. The molecule has 2 aliphatic carbocycles. The summed E-state index contributed by atoms with van der Waals surface area (Å²) in [4.78, 5) is 21.3. The van der Waals surface area contributed by atoms with Gasteiger partial charge < -0.3 is 24.0 Å². The molecule has 54 heavy (non-hydrogen) atoms. The number of benzene rings is 2. The fraction of sp³-hybridized carbons (Fsp3) is 0.643. The van der Waals surface area contributed by atoms with Crippen LogP contribution in [0.15, 0.2) is 48.6 Å². The van der Waals surface area contributed by atoms with Crippen LogP contribution in [0.25, 0.3) is 0 Å². The number of methoxy groups -OCH3 is 1. The molecule has 294 valence electrons. The van der Waals surface area contributed by atoms with Crippen LogP contribution >= 0.6 is 11.6 Å². The number of hydrogen-bond donors (Lipinski definition) is 1. The predicted octanol–water partition coefficient (Wildman–Crippen LogP) is 5.68. The number of nitrogens with zero attached hydrogens (tertiary/aromatic N) is 3. The van der Waals surface area contributed by atoms with Crippen molar-refractivity contribution in [1.29, 1.82) is 0 Å². The summed E-state index contributed by atoms with van der Waals surface area (Å²) in [7, 11) is -2.10. The van der Waals surface area contributed by atoms with Crippen molar-refractivity contribution in [3.63, 3.8) is 0 Å². The van der Waals surface area contributed by atoms with E-state index in [9.17, 15) is 13.2 Å². The second-order valence-corrected chi connectivity index (χ2v) is 19.5. The molecular weight excluding hydrogens is 724 g/mol. The smallest absolute Gasteiger partial charge is 0.264 e. The van der Waals surface area contributed by atoms with Gasteiger partial charge in [0.1, 0.15) is 5.75 Å². The Morgan fingerprint density at radius 1 is 1.07 bits per heavy atom. The number of nitrogens with one attached hydrogen (secondary N) is 1. The van der Waals surface area contributed by atoms with Crippen molar-refractivity contribution in [1.82, 2.24) is 14.5 Å². The fourth-order valence-electron chi connectivity index (χ4n) is 10.3. The van der Waals surface area contributed by atoms with E-state index in [0.717, 1.165) is 114 Å². The van der Waals surface area contributed by atoms with Crippen LogP contribution in [0.5, 0.6) is 5.75 Å². The molecular formula is C42H57ClN4O6S. The second-order valence-electron chi connectivity index (χ2n) is 17.0. The first-order valence-electron chi connectivity index (χ1n) is 20.1. The number of rotatable bonds is 4. The molecule has 2 saturated heterocycles. The van der Waals surface area contributed by atoms with Gasteiger partial charge in [0.2, 0.25) is 10.0 Å². The van der Waals surface area contributed by atoms with Gasteiger partial charge in [0.15, 0.2) is 0 Å². The number of amides is 1. The van der Waals surface area contributed by atoms with Crippen molar-refractivity contribution in [2.75, 3.05) is 77.6 Å². The van der Waals surface area contributed by atoms with Crippen molar-refractivity contribution < 1.29 is 27.4 Å². The number of sulfonamides is 1. The molecule has 10 nitrogen and oxygen atoms in total. The summed E-state index contributed by atoms with van der Waals surface area (Å²) in [6, 6.07) is 12.1. The Kier molecular flexibility index (Phi) is 10.9. The Hall–Kier alpha value is -2.67. The molecule has 8 rings (SSSR count). The summed E-state index contributed by atoms with van der Waals surface area (Å²) in [5.74, 6) is 0.504. The Morgan fingerprint density at radius 3 is 2.76 bits per heavy atom. The lowest BCUT2D eigenvalue weighted by atomic mass is 9.62. The number of piperazine rings is 1. The monoisotopic (exact) mass is 780 g/mol. The maximum Gasteiger partial charge on any atom is 0.264 e. The first-order valence-corrected chi connectivity index (χ1v) is 22.1. The van der Waals surface area contributed by atoms with Gasteiger partial charge in [-0.15, -0.1) is 0 Å². The second kappa shape index (κ2) is 15.3. The molecule has 1 spiro atoms. The van der Waals surface area contributed by atoms with Gasteiger partial charge in [-0.05, 0) is 111 Å². The summed E-state index contributed by atoms with van der Waals surface area (Å²) in [5.41, 5.74) is 2.94. The van der Waals surface area contributed by atoms with Gasteiger partial charge >= 0.3 is 0 Å². The molecule has 4 heterocycles. The van der Waals surface area contributed by atoms with Gasteiger partial charge in [0.25, 0.3) is 5.91 Å². The molecule has 1 N–H and O–H groups in total. The fourth-order valence-corrected chi connectivity index (χ4v) is 11.8. The number of morpholine rings is 1. The van der Waals surface area contributed by atoms with Gasteiger partial charge in [-0.2, -0.15) is 0 Å². The van der Waals surface area contributed by atoms with Crippen LogP contribution in [0, 0.1) is 17.8 Å². The van der Waals surface area contributed by atoms with Crippen molar-refractivity contribution in [3.05, 3.63) is 70.3 Å². The van der Waals surface area contributed by atoms with Gasteiger partial charge in [0, 0.05) is 75.0 Å². The largest absolute Gasteiger partial charge is 0.490 e. The molecule has 0 radical (unpaired) electrons. The molecule has 7 atom stereocenters. The van der Waals surface area contributed by atoms with Crippen LogP contribution in [0.2, 0.25) is 5.02 Å². The number of fused-ring (bicyclic) bond motifs is 5. The zero-order valence-corrected chi connectivity index (χ0v) is 33.7. The third-order valence-corrected chi connectivity index (χ3v) is 16.1. The highest BCUT2D eigenvalue weighted by Gasteiger charge is 2.49. The number of ether oxygens (including phenoxy) is 3. The summed E-state index contributed by atoms with van der Waals surface area (Å²) in [5, 5.41) is -0.0278. The van der Waals surface area contributed by atoms with E-state index < -0.39 is 26.8 Å². The van der Waals surface area contributed by atoms with Crippen LogP contribution in [-0.2, 0) is 31.3 Å². The maximum atomic E-state index is 13.7. The van der Waals surface area contributed by atoms with E-state index in [0.29, 0.717) is 30.6 Å². The third-order valence-electron chi connectivity index (χ3n) is 14.0. The molecule has 1 amide bonds. The SMILES string of the molecule is CO[C@]1(CCN2CCN3CCOC[C@@H]3C2)/C=C/C[C@H](C)[C@@H](C)S(=O)(=O)NC(=O)c2ccc3c(c2)N(C[C@@H]2CC[C@H]21)C[C@@]1(CCCc2cc(Cl)ccc21)CO3. The van der Waals surface area contributed by atoms with Crippen molar-refractivity contribution in [2.45, 2.75) is 81.1 Å². The van der Waals surface area contributed by atoms with E-state index in [2.05, 4.69) is 43.7 Å². The first kappa shape index (κ1) is 38.2. The van der Waals surface area contributed by atoms with Crippen LogP contribution in [0.1, 0.15) is 73.9 Å². The molecule has 0 aromatic heterocycles. The standard InChI is InChI=1S/C42H57ClN4O6S/c1-29-6-4-15-42(51-3,16-17-45-18-19-46-20-21-52-26-35(46)25-45)37-11-8-33(37)24-47-27-41(14-5-7-31-22-34(43)10-12-36(31)41)28-53-39-13-9-32(23-38(39)47)40(48)44-54(49,50)30(29)2/h4,9-10,12-13,15,22-23,29-30,33,35,37H,5-8,11,14,16-21,24-28H2,1-3H3,(H,44,48)/b15-4+/t29-,30+,33-,35-,37+,41-,42-/m0/s1. The molecule has 2 aromatic rings. The average molecular weight is 781 g/mol. The van der Waals surface area contributed by atoms with Gasteiger partial charge in [0.05, 0.1) is 36.4 Å². The Labute approximate surface area is 326 Å². The van der Waals surface area contributed by atoms with Crippen LogP contribution in [-0.4, -0.2) is 114 Å². The van der Waals surface area contributed by atoms with E-state index in [4.69, 9.17) is 25.8 Å². The number of anilines is 1. The number of halogens is 1. The van der Waals surface area contributed by atoms with Gasteiger partial charge in [-0.3, -0.25) is 9.69 Å². The van der Waals surface area contributed by atoms with Crippen LogP contribution in [0.4, 0.5) is 5.69 Å². The topological polar surface area (TPSA) is 101 Å². The Morgan fingerprint density at radius 2 is 1.94 bits per heavy atom. The quantitative estimate of drug-likeness (QED) is 0.394. The maximum absolute atomic E-state index is 13.7. The number of carbonyl (C=O) groups excluding carboxylic acids is 1. The van der Waals surface area contributed by atoms with E-state index in [1.165, 1.54) is 11.1 Å². The van der Waals surface area contributed by atoms with Crippen LogP contribution in [0.3, 0.4) is 0 Å². The minimum atomic E-state index is -3.96. The van der Waals surface area contributed by atoms with Gasteiger partial charge in [-0.25, -0.2) is 13.1 Å². The van der Waals surface area contributed by atoms with Crippen molar-refractivity contribution in [2.24, 2.45) is 17.8 Å². The lowest BCUT2D eigenvalue weighted by Gasteiger charge is -2.51. The lowest BCUT2D eigenvalue weighted by Crippen LogP contribution is -2.59. The normalized spacial score (nSPS) is 35.0. The van der Waals surface area contributed by atoms with E-state index in [1.807, 2.05) is 32.2 Å².